The Balaban J connectivity index is 1.60. The highest BCUT2D eigenvalue weighted by molar-refractivity contribution is 7.14. The third kappa shape index (κ3) is 2.82. The minimum absolute atomic E-state index is 0.130. The molecule has 1 aromatic carbocycles. The first-order valence-electron chi connectivity index (χ1n) is 7.85. The van der Waals surface area contributed by atoms with Crippen LogP contribution >= 0.6 is 34.3 Å². The number of nitrogens with one attached hydrogen (secondary N) is 1. The topological polar surface area (TPSA) is 62.3 Å². The van der Waals surface area contributed by atoms with Crippen LogP contribution < -0.4 is 5.32 Å². The molecular formula is C18H14ClN3O2S2. The number of thiophene rings is 1. The molecule has 3 heterocycles. The van der Waals surface area contributed by atoms with Gasteiger partial charge in [-0.25, -0.2) is 9.78 Å². The number of rotatable bonds is 4. The minimum Gasteiger partial charge on any atom is -0.319 e. The molecule has 132 valence electrons. The molecule has 5 nitrogen and oxygen atoms in total. The first kappa shape index (κ1) is 17.2. The van der Waals surface area contributed by atoms with E-state index in [1.54, 1.807) is 42.5 Å². The Morgan fingerprint density at radius 3 is 2.77 bits per heavy atom. The van der Waals surface area contributed by atoms with Gasteiger partial charge in [-0.15, -0.1) is 11.3 Å². The SMILES string of the molecule is C[C@@]1(c2ccccc2Cl)NC(=O)N(Cc2csc(-c3ccsc3)n2)C1=O. The lowest BCUT2D eigenvalue weighted by atomic mass is 9.92. The van der Waals surface area contributed by atoms with Gasteiger partial charge in [0.05, 0.1) is 12.2 Å². The zero-order chi connectivity index (χ0) is 18.3. The van der Waals surface area contributed by atoms with E-state index in [0.29, 0.717) is 16.3 Å². The summed E-state index contributed by atoms with van der Waals surface area (Å²) in [6.07, 6.45) is 0. The third-order valence-electron chi connectivity index (χ3n) is 4.33. The van der Waals surface area contributed by atoms with Gasteiger partial charge < -0.3 is 5.32 Å². The van der Waals surface area contributed by atoms with Gasteiger partial charge in [-0.3, -0.25) is 9.69 Å². The van der Waals surface area contributed by atoms with Crippen molar-refractivity contribution in [2.75, 3.05) is 0 Å². The monoisotopic (exact) mass is 403 g/mol. The molecule has 0 unspecified atom stereocenters. The van der Waals surface area contributed by atoms with Gasteiger partial charge in [0.25, 0.3) is 5.91 Å². The molecule has 0 spiro atoms. The molecule has 3 amide bonds. The summed E-state index contributed by atoms with van der Waals surface area (Å²) in [5.41, 5.74) is 1.13. The van der Waals surface area contributed by atoms with Crippen molar-refractivity contribution in [1.29, 1.82) is 0 Å². The van der Waals surface area contributed by atoms with E-state index < -0.39 is 11.6 Å². The van der Waals surface area contributed by atoms with Crippen molar-refractivity contribution in [2.45, 2.75) is 19.0 Å². The fourth-order valence-corrected chi connectivity index (χ4v) is 4.80. The maximum Gasteiger partial charge on any atom is 0.325 e. The Morgan fingerprint density at radius 1 is 1.23 bits per heavy atom. The molecule has 0 saturated carbocycles. The van der Waals surface area contributed by atoms with Crippen molar-refractivity contribution in [3.05, 3.63) is 62.8 Å². The predicted octanol–water partition coefficient (Wildman–Crippen LogP) is 4.49. The second kappa shape index (κ2) is 6.50. The van der Waals surface area contributed by atoms with Crippen molar-refractivity contribution in [1.82, 2.24) is 15.2 Å². The standard InChI is InChI=1S/C18H14ClN3O2S2/c1-18(13-4-2-3-5-14(13)19)16(23)22(17(24)21-18)8-12-10-26-15(20-12)11-6-7-25-9-11/h2-7,9-10H,8H2,1H3,(H,21,24)/t18-/m0/s1. The maximum absolute atomic E-state index is 13.0. The number of carbonyl (C=O) groups is 2. The maximum atomic E-state index is 13.0. The molecule has 1 aliphatic heterocycles. The van der Waals surface area contributed by atoms with E-state index >= 15 is 0 Å². The van der Waals surface area contributed by atoms with Crippen LogP contribution in [0.5, 0.6) is 0 Å². The van der Waals surface area contributed by atoms with Crippen LogP contribution in [0.25, 0.3) is 10.6 Å². The lowest BCUT2D eigenvalue weighted by Crippen LogP contribution is -2.41. The predicted molar refractivity (Wildman–Crippen MR) is 103 cm³/mol. The number of hydrogen-bond acceptors (Lipinski definition) is 5. The van der Waals surface area contributed by atoms with E-state index in [0.717, 1.165) is 10.6 Å². The van der Waals surface area contributed by atoms with Crippen molar-refractivity contribution < 1.29 is 9.59 Å². The second-order valence-corrected chi connectivity index (χ2v) is 8.13. The average molecular weight is 404 g/mol. The molecule has 8 heteroatoms. The summed E-state index contributed by atoms with van der Waals surface area (Å²) in [6, 6.07) is 8.59. The van der Waals surface area contributed by atoms with E-state index in [1.165, 1.54) is 16.2 Å². The van der Waals surface area contributed by atoms with Gasteiger partial charge in [0, 0.05) is 26.9 Å². The first-order valence-corrected chi connectivity index (χ1v) is 10.0. The van der Waals surface area contributed by atoms with Crippen molar-refractivity contribution in [3.8, 4) is 10.6 Å². The first-order chi connectivity index (χ1) is 12.5. The van der Waals surface area contributed by atoms with Gasteiger partial charge in [-0.2, -0.15) is 11.3 Å². The van der Waals surface area contributed by atoms with Crippen LogP contribution in [-0.4, -0.2) is 21.8 Å². The van der Waals surface area contributed by atoms with Gasteiger partial charge in [0.1, 0.15) is 10.5 Å². The Morgan fingerprint density at radius 2 is 2.04 bits per heavy atom. The van der Waals surface area contributed by atoms with Crippen LogP contribution in [-0.2, 0) is 16.9 Å². The summed E-state index contributed by atoms with van der Waals surface area (Å²) >= 11 is 9.34. The molecule has 1 atom stereocenters. The van der Waals surface area contributed by atoms with Gasteiger partial charge >= 0.3 is 6.03 Å². The van der Waals surface area contributed by atoms with E-state index in [2.05, 4.69) is 10.3 Å². The summed E-state index contributed by atoms with van der Waals surface area (Å²) < 4.78 is 0. The molecule has 1 fully saturated rings. The summed E-state index contributed by atoms with van der Waals surface area (Å²) in [5, 5.41) is 9.97. The molecule has 0 radical (unpaired) electrons. The molecule has 1 N–H and O–H groups in total. The number of carbonyl (C=O) groups excluding carboxylic acids is 2. The van der Waals surface area contributed by atoms with E-state index in [1.807, 2.05) is 22.2 Å². The highest BCUT2D eigenvalue weighted by atomic mass is 35.5. The van der Waals surface area contributed by atoms with Crippen LogP contribution in [0.2, 0.25) is 5.02 Å². The highest BCUT2D eigenvalue weighted by Gasteiger charge is 2.49. The number of urea groups is 1. The number of thiazole rings is 1. The van der Waals surface area contributed by atoms with Gasteiger partial charge in [-0.05, 0) is 24.4 Å². The Kier molecular flexibility index (Phi) is 4.30. The zero-order valence-electron chi connectivity index (χ0n) is 13.7. The molecule has 1 saturated heterocycles. The fourth-order valence-electron chi connectivity index (χ4n) is 2.95. The van der Waals surface area contributed by atoms with E-state index in [4.69, 9.17) is 11.6 Å². The van der Waals surface area contributed by atoms with Crippen LogP contribution in [0.1, 0.15) is 18.2 Å². The smallest absolute Gasteiger partial charge is 0.319 e. The molecule has 0 aliphatic carbocycles. The largest absolute Gasteiger partial charge is 0.325 e. The quantitative estimate of drug-likeness (QED) is 0.652. The summed E-state index contributed by atoms with van der Waals surface area (Å²) in [6.45, 7) is 1.80. The van der Waals surface area contributed by atoms with Gasteiger partial charge in [0.15, 0.2) is 0 Å². The number of hydrogen-bond donors (Lipinski definition) is 1. The number of amides is 3. The number of aromatic nitrogens is 1. The zero-order valence-corrected chi connectivity index (χ0v) is 16.1. The highest BCUT2D eigenvalue weighted by Crippen LogP contribution is 2.34. The number of halogens is 1. The Labute approximate surface area is 163 Å². The molecule has 3 aromatic rings. The Bertz CT molecular complexity index is 986. The number of nitrogens with zero attached hydrogens (tertiary/aromatic N) is 2. The van der Waals surface area contributed by atoms with Crippen molar-refractivity contribution in [2.24, 2.45) is 0 Å². The lowest BCUT2D eigenvalue weighted by molar-refractivity contribution is -0.131. The summed E-state index contributed by atoms with van der Waals surface area (Å²) in [5.74, 6) is -0.333. The number of benzene rings is 1. The summed E-state index contributed by atoms with van der Waals surface area (Å²) in [4.78, 5) is 31.2. The minimum atomic E-state index is -1.18. The molecule has 2 aromatic heterocycles. The lowest BCUT2D eigenvalue weighted by Gasteiger charge is -2.23. The van der Waals surface area contributed by atoms with Crippen LogP contribution in [0.15, 0.2) is 46.5 Å². The summed E-state index contributed by atoms with van der Waals surface area (Å²) in [7, 11) is 0. The van der Waals surface area contributed by atoms with Crippen LogP contribution in [0.3, 0.4) is 0 Å². The second-order valence-electron chi connectivity index (χ2n) is 6.08. The van der Waals surface area contributed by atoms with Gasteiger partial charge in [0.2, 0.25) is 0 Å². The van der Waals surface area contributed by atoms with E-state index in [9.17, 15) is 9.59 Å². The fraction of sp³-hybridized carbons (Fsp3) is 0.167. The third-order valence-corrected chi connectivity index (χ3v) is 6.28. The van der Waals surface area contributed by atoms with Crippen LogP contribution in [0, 0.1) is 0 Å². The van der Waals surface area contributed by atoms with Crippen LogP contribution in [0.4, 0.5) is 4.79 Å². The number of imide groups is 1. The van der Waals surface area contributed by atoms with Crippen molar-refractivity contribution in [3.63, 3.8) is 0 Å². The Hall–Kier alpha value is -2.22. The molecule has 26 heavy (non-hydrogen) atoms. The molecular weight excluding hydrogens is 390 g/mol. The normalized spacial score (nSPS) is 19.8. The molecule has 0 bridgehead atoms. The molecule has 1 aliphatic rings. The molecule has 4 rings (SSSR count). The van der Waals surface area contributed by atoms with Gasteiger partial charge in [-0.1, -0.05) is 29.8 Å². The van der Waals surface area contributed by atoms with E-state index in [-0.39, 0.29) is 12.5 Å². The van der Waals surface area contributed by atoms with Crippen molar-refractivity contribution >= 4 is 46.2 Å². The average Bonchev–Trinajstić information content (AvgIpc) is 3.33.